The van der Waals surface area contributed by atoms with E-state index in [1.54, 1.807) is 4.90 Å². The fourth-order valence-corrected chi connectivity index (χ4v) is 7.42. The second kappa shape index (κ2) is 13.2. The van der Waals surface area contributed by atoms with E-state index in [1.165, 1.54) is 28.1 Å². The number of hydrogen-bond donors (Lipinski definition) is 0. The van der Waals surface area contributed by atoms with Gasteiger partial charge in [-0.1, -0.05) is 36.9 Å². The van der Waals surface area contributed by atoms with Gasteiger partial charge < -0.3 is 24.3 Å². The van der Waals surface area contributed by atoms with Gasteiger partial charge in [-0.05, 0) is 62.9 Å². The van der Waals surface area contributed by atoms with Crippen molar-refractivity contribution < 1.29 is 9.53 Å². The molecule has 2 aromatic carbocycles. The molecule has 2 atom stereocenters. The molecule has 2 fully saturated rings. The van der Waals surface area contributed by atoms with Crippen LogP contribution >= 0.6 is 0 Å². The lowest BCUT2D eigenvalue weighted by Crippen LogP contribution is -2.55. The molecule has 9 heteroatoms. The van der Waals surface area contributed by atoms with Crippen molar-refractivity contribution in [3.05, 3.63) is 71.4 Å². The van der Waals surface area contributed by atoms with Crippen LogP contribution in [-0.4, -0.2) is 79.7 Å². The van der Waals surface area contributed by atoms with Crippen LogP contribution in [0.4, 0.5) is 11.4 Å². The zero-order valence-corrected chi connectivity index (χ0v) is 26.3. The number of piperidine rings is 1. The van der Waals surface area contributed by atoms with E-state index in [0.29, 0.717) is 50.1 Å². The molecule has 3 aromatic rings. The number of ether oxygens (including phenoxy) is 1. The standard InChI is InChI=1S/C36H41N7O2/c1-4-33(44)43-19-18-42(22-28(43)13-15-37)35-29-14-17-41(32-12-6-11-27-10-5-8-25(2)34(27)32)23-31(29)39-36(30(35)20-38)45-24-26-9-7-16-40(3)21-26/h4-6,8,10-12,26,28H,1,7,9,13-14,16-19,21-24H2,2-3H3/t26?,28-/m0/s1. The molecule has 232 valence electrons. The van der Waals surface area contributed by atoms with Crippen LogP contribution in [0.1, 0.15) is 41.6 Å². The molecule has 0 saturated carbocycles. The number of rotatable bonds is 7. The summed E-state index contributed by atoms with van der Waals surface area (Å²) in [6.45, 7) is 11.2. The van der Waals surface area contributed by atoms with Crippen molar-refractivity contribution in [3.63, 3.8) is 0 Å². The molecule has 3 aliphatic heterocycles. The Morgan fingerprint density at radius 2 is 1.93 bits per heavy atom. The van der Waals surface area contributed by atoms with Crippen molar-refractivity contribution in [2.24, 2.45) is 5.92 Å². The highest BCUT2D eigenvalue weighted by atomic mass is 16.5. The first-order valence-electron chi connectivity index (χ1n) is 16.0. The number of fused-ring (bicyclic) bond motifs is 2. The third-order valence-electron chi connectivity index (χ3n) is 9.60. The van der Waals surface area contributed by atoms with Crippen LogP contribution in [-0.2, 0) is 17.8 Å². The normalized spacial score (nSPS) is 20.3. The molecule has 9 nitrogen and oxygen atoms in total. The lowest BCUT2D eigenvalue weighted by Gasteiger charge is -2.43. The highest BCUT2D eigenvalue weighted by Gasteiger charge is 2.35. The highest BCUT2D eigenvalue weighted by Crippen LogP contribution is 2.40. The van der Waals surface area contributed by atoms with Gasteiger partial charge in [0.1, 0.15) is 11.6 Å². The fourth-order valence-electron chi connectivity index (χ4n) is 7.42. The number of piperazine rings is 1. The Morgan fingerprint density at radius 1 is 1.11 bits per heavy atom. The summed E-state index contributed by atoms with van der Waals surface area (Å²) in [5.74, 6) is 0.590. The number of pyridine rings is 1. The number of aryl methyl sites for hydroxylation is 1. The van der Waals surface area contributed by atoms with E-state index in [9.17, 15) is 15.3 Å². The Hall–Kier alpha value is -4.60. The first kappa shape index (κ1) is 30.4. The number of anilines is 2. The predicted molar refractivity (Wildman–Crippen MR) is 176 cm³/mol. The van der Waals surface area contributed by atoms with Gasteiger partial charge in [0, 0.05) is 55.3 Å². The topological polar surface area (TPSA) is 99.7 Å². The summed E-state index contributed by atoms with van der Waals surface area (Å²) in [5, 5.41) is 22.7. The van der Waals surface area contributed by atoms with Gasteiger partial charge in [-0.2, -0.15) is 10.5 Å². The largest absolute Gasteiger partial charge is 0.476 e. The Morgan fingerprint density at radius 3 is 2.69 bits per heavy atom. The molecular weight excluding hydrogens is 562 g/mol. The summed E-state index contributed by atoms with van der Waals surface area (Å²) in [6.07, 6.45) is 4.46. The second-order valence-corrected chi connectivity index (χ2v) is 12.6. The third-order valence-corrected chi connectivity index (χ3v) is 9.60. The summed E-state index contributed by atoms with van der Waals surface area (Å²) < 4.78 is 6.46. The zero-order valence-electron chi connectivity index (χ0n) is 26.3. The predicted octanol–water partition coefficient (Wildman–Crippen LogP) is 4.82. The third kappa shape index (κ3) is 6.06. The minimum atomic E-state index is -0.300. The molecule has 2 saturated heterocycles. The molecule has 0 bridgehead atoms. The van der Waals surface area contributed by atoms with E-state index in [4.69, 9.17) is 9.72 Å². The summed E-state index contributed by atoms with van der Waals surface area (Å²) in [6, 6.07) is 17.3. The number of nitrogens with zero attached hydrogens (tertiary/aromatic N) is 7. The minimum absolute atomic E-state index is 0.172. The number of carbonyl (C=O) groups is 1. The average molecular weight is 604 g/mol. The summed E-state index contributed by atoms with van der Waals surface area (Å²) in [4.78, 5) is 26.4. The van der Waals surface area contributed by atoms with Gasteiger partial charge in [-0.15, -0.1) is 0 Å². The number of aromatic nitrogens is 1. The van der Waals surface area contributed by atoms with Crippen molar-refractivity contribution in [2.75, 3.05) is 62.7 Å². The van der Waals surface area contributed by atoms with Crippen LogP contribution in [0, 0.1) is 35.5 Å². The van der Waals surface area contributed by atoms with E-state index in [0.717, 1.165) is 55.8 Å². The van der Waals surface area contributed by atoms with Crippen LogP contribution in [0.3, 0.4) is 0 Å². The molecule has 4 heterocycles. The van der Waals surface area contributed by atoms with Gasteiger partial charge in [0.05, 0.1) is 43.1 Å². The molecule has 1 aromatic heterocycles. The number of carbonyl (C=O) groups excluding carboxylic acids is 1. The number of likely N-dealkylation sites (tertiary alicyclic amines) is 1. The van der Waals surface area contributed by atoms with E-state index in [-0.39, 0.29) is 18.4 Å². The molecule has 0 aliphatic carbocycles. The van der Waals surface area contributed by atoms with Crippen LogP contribution in [0.25, 0.3) is 10.8 Å². The molecule has 1 unspecified atom stereocenters. The van der Waals surface area contributed by atoms with Crippen LogP contribution in [0.2, 0.25) is 0 Å². The molecule has 45 heavy (non-hydrogen) atoms. The smallest absolute Gasteiger partial charge is 0.246 e. The molecule has 3 aliphatic rings. The first-order valence-corrected chi connectivity index (χ1v) is 16.0. The maximum Gasteiger partial charge on any atom is 0.246 e. The lowest BCUT2D eigenvalue weighted by molar-refractivity contribution is -0.128. The Labute approximate surface area is 265 Å². The summed E-state index contributed by atoms with van der Waals surface area (Å²) >= 11 is 0. The Bertz CT molecular complexity index is 1680. The van der Waals surface area contributed by atoms with Gasteiger partial charge in [0.2, 0.25) is 11.8 Å². The maximum absolute atomic E-state index is 12.6. The monoisotopic (exact) mass is 603 g/mol. The molecule has 6 rings (SSSR count). The Kier molecular flexibility index (Phi) is 8.91. The molecular formula is C36H41N7O2. The molecule has 0 radical (unpaired) electrons. The highest BCUT2D eigenvalue weighted by molar-refractivity contribution is 5.97. The van der Waals surface area contributed by atoms with Crippen molar-refractivity contribution >= 4 is 28.1 Å². The van der Waals surface area contributed by atoms with Gasteiger partial charge >= 0.3 is 0 Å². The average Bonchev–Trinajstić information content (AvgIpc) is 3.06. The second-order valence-electron chi connectivity index (χ2n) is 12.6. The van der Waals surface area contributed by atoms with Gasteiger partial charge in [-0.3, -0.25) is 4.79 Å². The van der Waals surface area contributed by atoms with Gasteiger partial charge in [0.15, 0.2) is 0 Å². The summed E-state index contributed by atoms with van der Waals surface area (Å²) in [5.41, 5.74) is 5.69. The number of nitriles is 2. The minimum Gasteiger partial charge on any atom is -0.476 e. The van der Waals surface area contributed by atoms with Gasteiger partial charge in [0.25, 0.3) is 0 Å². The number of amides is 1. The Balaban J connectivity index is 1.39. The quantitative estimate of drug-likeness (QED) is 0.355. The van der Waals surface area contributed by atoms with E-state index in [1.807, 2.05) is 0 Å². The zero-order chi connectivity index (χ0) is 31.5. The fraction of sp³-hybridized carbons (Fsp3) is 0.444. The molecule has 1 amide bonds. The van der Waals surface area contributed by atoms with Gasteiger partial charge in [-0.25, -0.2) is 4.98 Å². The SMILES string of the molecule is C=CC(=O)N1CCN(c2c(C#N)c(OCC3CCCN(C)C3)nc3c2CCN(c2cccc4cccc(C)c24)C3)C[C@@H]1CC#N. The van der Waals surface area contributed by atoms with Crippen LogP contribution in [0.5, 0.6) is 5.88 Å². The molecule has 0 N–H and O–H groups in total. The first-order chi connectivity index (χ1) is 21.9. The lowest BCUT2D eigenvalue weighted by atomic mass is 9.95. The van der Waals surface area contributed by atoms with E-state index in [2.05, 4.69) is 83.8 Å². The summed E-state index contributed by atoms with van der Waals surface area (Å²) in [7, 11) is 2.14. The molecule has 0 spiro atoms. The van der Waals surface area contributed by atoms with Crippen LogP contribution < -0.4 is 14.5 Å². The van der Waals surface area contributed by atoms with Crippen molar-refractivity contribution in [2.45, 2.75) is 45.2 Å². The van der Waals surface area contributed by atoms with E-state index >= 15 is 0 Å². The van der Waals surface area contributed by atoms with Crippen LogP contribution in [0.15, 0.2) is 49.1 Å². The van der Waals surface area contributed by atoms with Crippen molar-refractivity contribution in [3.8, 4) is 18.0 Å². The van der Waals surface area contributed by atoms with Crippen molar-refractivity contribution in [1.82, 2.24) is 14.8 Å². The number of hydrogen-bond acceptors (Lipinski definition) is 8. The maximum atomic E-state index is 12.6. The number of benzene rings is 2. The van der Waals surface area contributed by atoms with Crippen molar-refractivity contribution in [1.29, 1.82) is 10.5 Å². The van der Waals surface area contributed by atoms with E-state index < -0.39 is 0 Å².